The molecule has 16 heavy (non-hydrogen) atoms. The zero-order valence-electron chi connectivity index (χ0n) is 8.84. The molecule has 88 valence electrons. The monoisotopic (exact) mass is 289 g/mol. The number of hydrogen-bond donors (Lipinski definition) is 2. The smallest absolute Gasteiger partial charge is 0.252 e. The largest absolute Gasteiger partial charge is 0.391 e. The summed E-state index contributed by atoms with van der Waals surface area (Å²) < 4.78 is 13.3. The lowest BCUT2D eigenvalue weighted by molar-refractivity contribution is 0.0912. The van der Waals surface area contributed by atoms with Crippen molar-refractivity contribution >= 4 is 21.8 Å². The second kappa shape index (κ2) is 5.96. The van der Waals surface area contributed by atoms with Crippen molar-refractivity contribution in [2.24, 2.45) is 0 Å². The predicted octanol–water partition coefficient (Wildman–Crippen LogP) is 2.09. The number of rotatable bonds is 4. The van der Waals surface area contributed by atoms with Gasteiger partial charge in [0.2, 0.25) is 0 Å². The van der Waals surface area contributed by atoms with E-state index in [1.165, 1.54) is 18.2 Å². The van der Waals surface area contributed by atoms with Gasteiger partial charge in [0.15, 0.2) is 0 Å². The van der Waals surface area contributed by atoms with Gasteiger partial charge in [-0.15, -0.1) is 0 Å². The quantitative estimate of drug-likeness (QED) is 0.892. The van der Waals surface area contributed by atoms with Gasteiger partial charge < -0.3 is 10.4 Å². The van der Waals surface area contributed by atoms with Crippen molar-refractivity contribution in [1.82, 2.24) is 5.32 Å². The van der Waals surface area contributed by atoms with Crippen molar-refractivity contribution in [2.75, 3.05) is 6.54 Å². The minimum atomic E-state index is -0.573. The third kappa shape index (κ3) is 3.28. The third-order valence-electron chi connectivity index (χ3n) is 2.17. The first-order valence-corrected chi connectivity index (χ1v) is 5.75. The van der Waals surface area contributed by atoms with Crippen LogP contribution in [0.25, 0.3) is 0 Å². The lowest BCUT2D eigenvalue weighted by atomic mass is 10.2. The first kappa shape index (κ1) is 13.1. The Bertz CT molecular complexity index is 384. The van der Waals surface area contributed by atoms with Crippen LogP contribution in [0.4, 0.5) is 4.39 Å². The summed E-state index contributed by atoms with van der Waals surface area (Å²) in [5.74, 6) is -0.887. The highest BCUT2D eigenvalue weighted by molar-refractivity contribution is 9.10. The molecule has 2 N–H and O–H groups in total. The Balaban J connectivity index is 2.70. The van der Waals surface area contributed by atoms with Gasteiger partial charge in [0, 0.05) is 6.54 Å². The molecule has 0 bridgehead atoms. The lowest BCUT2D eigenvalue weighted by Crippen LogP contribution is -2.32. The van der Waals surface area contributed by atoms with Gasteiger partial charge in [-0.2, -0.15) is 0 Å². The maximum Gasteiger partial charge on any atom is 0.252 e. The second-order valence-corrected chi connectivity index (χ2v) is 4.17. The van der Waals surface area contributed by atoms with Crippen LogP contribution in [0, 0.1) is 5.82 Å². The molecule has 0 aromatic heterocycles. The maximum atomic E-state index is 13.1. The molecule has 0 saturated carbocycles. The summed E-state index contributed by atoms with van der Waals surface area (Å²) in [7, 11) is 0. The van der Waals surface area contributed by atoms with E-state index in [2.05, 4.69) is 21.2 Å². The Morgan fingerprint density at radius 2 is 2.31 bits per heavy atom. The number of amides is 1. The first-order valence-electron chi connectivity index (χ1n) is 4.96. The number of nitrogens with one attached hydrogen (secondary N) is 1. The van der Waals surface area contributed by atoms with Gasteiger partial charge in [0.05, 0.1) is 16.1 Å². The predicted molar refractivity (Wildman–Crippen MR) is 62.7 cm³/mol. The molecule has 0 saturated heterocycles. The van der Waals surface area contributed by atoms with E-state index >= 15 is 0 Å². The molecule has 1 unspecified atom stereocenters. The van der Waals surface area contributed by atoms with Crippen LogP contribution < -0.4 is 5.32 Å². The molecule has 1 rings (SSSR count). The molecule has 0 aliphatic carbocycles. The SMILES string of the molecule is CCC(O)CNC(=O)c1cccc(F)c1Br. The Morgan fingerprint density at radius 3 is 2.94 bits per heavy atom. The number of halogens is 2. The zero-order chi connectivity index (χ0) is 12.1. The highest BCUT2D eigenvalue weighted by Crippen LogP contribution is 2.20. The molecule has 5 heteroatoms. The summed E-state index contributed by atoms with van der Waals surface area (Å²) in [5, 5.41) is 11.8. The van der Waals surface area contributed by atoms with Crippen LogP contribution >= 0.6 is 15.9 Å². The summed E-state index contributed by atoms with van der Waals surface area (Å²) in [6, 6.07) is 4.24. The summed E-state index contributed by atoms with van der Waals surface area (Å²) in [6.45, 7) is 1.98. The average molecular weight is 290 g/mol. The molecule has 1 aromatic carbocycles. The molecule has 0 spiro atoms. The Hall–Kier alpha value is -0.940. The molecule has 1 aromatic rings. The van der Waals surface area contributed by atoms with Crippen molar-refractivity contribution in [2.45, 2.75) is 19.4 Å². The van der Waals surface area contributed by atoms with Gasteiger partial charge >= 0.3 is 0 Å². The molecule has 1 atom stereocenters. The molecule has 0 aliphatic heterocycles. The topological polar surface area (TPSA) is 49.3 Å². The van der Waals surface area contributed by atoms with Crippen LogP contribution in [0.15, 0.2) is 22.7 Å². The molecular formula is C11H13BrFNO2. The van der Waals surface area contributed by atoms with Gasteiger partial charge in [-0.3, -0.25) is 4.79 Å². The van der Waals surface area contributed by atoms with Crippen LogP contribution in [0.5, 0.6) is 0 Å². The molecular weight excluding hydrogens is 277 g/mol. The van der Waals surface area contributed by atoms with Gasteiger partial charge in [0.25, 0.3) is 5.91 Å². The first-order chi connectivity index (χ1) is 7.56. The molecule has 0 radical (unpaired) electrons. The standard InChI is InChI=1S/C11H13BrFNO2/c1-2-7(15)6-14-11(16)8-4-3-5-9(13)10(8)12/h3-5,7,15H,2,6H2,1H3,(H,14,16). The van der Waals surface area contributed by atoms with Gasteiger partial charge in [-0.05, 0) is 34.5 Å². The fourth-order valence-corrected chi connectivity index (χ4v) is 1.57. The highest BCUT2D eigenvalue weighted by atomic mass is 79.9. The van der Waals surface area contributed by atoms with Crippen LogP contribution in [0.1, 0.15) is 23.7 Å². The highest BCUT2D eigenvalue weighted by Gasteiger charge is 2.13. The van der Waals surface area contributed by atoms with Crippen molar-refractivity contribution in [3.8, 4) is 0 Å². The molecule has 1 amide bonds. The minimum absolute atomic E-state index is 0.137. The maximum absolute atomic E-state index is 13.1. The summed E-state index contributed by atoms with van der Waals surface area (Å²) in [5.41, 5.74) is 0.225. The zero-order valence-corrected chi connectivity index (χ0v) is 10.4. The Morgan fingerprint density at radius 1 is 1.62 bits per heavy atom. The van der Waals surface area contributed by atoms with Crippen LogP contribution in [-0.4, -0.2) is 23.7 Å². The fraction of sp³-hybridized carbons (Fsp3) is 0.364. The van der Waals surface area contributed by atoms with Gasteiger partial charge in [-0.1, -0.05) is 13.0 Å². The number of benzene rings is 1. The van der Waals surface area contributed by atoms with Crippen LogP contribution in [-0.2, 0) is 0 Å². The van der Waals surface area contributed by atoms with E-state index in [4.69, 9.17) is 0 Å². The lowest BCUT2D eigenvalue weighted by Gasteiger charge is -2.10. The van der Waals surface area contributed by atoms with Gasteiger partial charge in [-0.25, -0.2) is 4.39 Å². The van der Waals surface area contributed by atoms with E-state index in [0.29, 0.717) is 6.42 Å². The Labute approximate surface area is 102 Å². The summed E-state index contributed by atoms with van der Waals surface area (Å²) in [4.78, 5) is 11.6. The molecule has 0 fully saturated rings. The van der Waals surface area contributed by atoms with E-state index < -0.39 is 17.8 Å². The van der Waals surface area contributed by atoms with Gasteiger partial charge in [0.1, 0.15) is 5.82 Å². The van der Waals surface area contributed by atoms with Crippen molar-refractivity contribution in [3.63, 3.8) is 0 Å². The molecule has 0 aliphatic rings. The summed E-state index contributed by atoms with van der Waals surface area (Å²) >= 11 is 3.01. The summed E-state index contributed by atoms with van der Waals surface area (Å²) in [6.07, 6.45) is -0.0128. The fourth-order valence-electron chi connectivity index (χ4n) is 1.13. The number of aliphatic hydroxyl groups is 1. The second-order valence-electron chi connectivity index (χ2n) is 3.37. The minimum Gasteiger partial charge on any atom is -0.391 e. The number of carbonyl (C=O) groups is 1. The van der Waals surface area contributed by atoms with E-state index in [9.17, 15) is 14.3 Å². The number of hydrogen-bond acceptors (Lipinski definition) is 2. The molecule has 0 heterocycles. The van der Waals surface area contributed by atoms with Crippen molar-refractivity contribution in [3.05, 3.63) is 34.1 Å². The number of carbonyl (C=O) groups excluding carboxylic acids is 1. The van der Waals surface area contributed by atoms with E-state index in [1.54, 1.807) is 0 Å². The Kier molecular flexibility index (Phi) is 4.89. The van der Waals surface area contributed by atoms with Crippen LogP contribution in [0.2, 0.25) is 0 Å². The van der Waals surface area contributed by atoms with E-state index in [1.807, 2.05) is 6.92 Å². The van der Waals surface area contributed by atoms with E-state index in [0.717, 1.165) is 0 Å². The van der Waals surface area contributed by atoms with Crippen molar-refractivity contribution < 1.29 is 14.3 Å². The average Bonchev–Trinajstić information content (AvgIpc) is 2.29. The van der Waals surface area contributed by atoms with Crippen molar-refractivity contribution in [1.29, 1.82) is 0 Å². The van der Waals surface area contributed by atoms with Crippen LogP contribution in [0.3, 0.4) is 0 Å². The number of aliphatic hydroxyl groups excluding tert-OH is 1. The normalized spacial score (nSPS) is 12.2. The van der Waals surface area contributed by atoms with E-state index in [-0.39, 0.29) is 16.6 Å². The third-order valence-corrected chi connectivity index (χ3v) is 2.97. The molecule has 3 nitrogen and oxygen atoms in total.